The van der Waals surface area contributed by atoms with Crippen molar-refractivity contribution in [2.45, 2.75) is 6.92 Å². The van der Waals surface area contributed by atoms with Gasteiger partial charge in [-0.15, -0.1) is 0 Å². The van der Waals surface area contributed by atoms with Crippen LogP contribution in [-0.4, -0.2) is 31.1 Å². The molecule has 0 heterocycles. The van der Waals surface area contributed by atoms with Crippen LogP contribution in [0, 0.1) is 0 Å². The molecule has 0 unspecified atom stereocenters. The van der Waals surface area contributed by atoms with Gasteiger partial charge in [-0.2, -0.15) is 0 Å². The van der Waals surface area contributed by atoms with Crippen molar-refractivity contribution in [2.75, 3.05) is 19.0 Å². The normalized spacial score (nSPS) is 10.9. The second-order valence-electron chi connectivity index (χ2n) is 4.06. The smallest absolute Gasteiger partial charge is 0.330 e. The number of nitrogens with zero attached hydrogens (tertiary/aromatic N) is 1. The van der Waals surface area contributed by atoms with Crippen LogP contribution in [0.4, 0.5) is 5.69 Å². The summed E-state index contributed by atoms with van der Waals surface area (Å²) >= 11 is 0. The molecule has 0 aliphatic rings. The third kappa shape index (κ3) is 3.93. The SMILES string of the molecule is C/C(=C\C(=O)O)NC(=O)c1ccc(N(C)C)cc1. The minimum Gasteiger partial charge on any atom is -0.478 e. The maximum atomic E-state index is 11.8. The number of benzene rings is 1. The van der Waals surface area contributed by atoms with E-state index in [1.165, 1.54) is 6.92 Å². The number of aliphatic carboxylic acids is 1. The number of allylic oxidation sites excluding steroid dienone is 1. The molecule has 96 valence electrons. The lowest BCUT2D eigenvalue weighted by Crippen LogP contribution is -2.22. The monoisotopic (exact) mass is 248 g/mol. The van der Waals surface area contributed by atoms with Crippen molar-refractivity contribution in [3.63, 3.8) is 0 Å². The van der Waals surface area contributed by atoms with Crippen molar-refractivity contribution in [3.05, 3.63) is 41.6 Å². The van der Waals surface area contributed by atoms with Crippen LogP contribution in [0.3, 0.4) is 0 Å². The van der Waals surface area contributed by atoms with Crippen LogP contribution in [0.25, 0.3) is 0 Å². The van der Waals surface area contributed by atoms with Gasteiger partial charge in [0, 0.05) is 37.1 Å². The average molecular weight is 248 g/mol. The van der Waals surface area contributed by atoms with Crippen LogP contribution in [0.2, 0.25) is 0 Å². The van der Waals surface area contributed by atoms with Gasteiger partial charge >= 0.3 is 5.97 Å². The highest BCUT2D eigenvalue weighted by Gasteiger charge is 2.06. The summed E-state index contributed by atoms with van der Waals surface area (Å²) in [4.78, 5) is 24.1. The Morgan fingerprint density at radius 1 is 1.22 bits per heavy atom. The zero-order valence-electron chi connectivity index (χ0n) is 10.6. The molecule has 5 heteroatoms. The molecule has 1 aromatic carbocycles. The van der Waals surface area contributed by atoms with Crippen LogP contribution in [0.15, 0.2) is 36.0 Å². The van der Waals surface area contributed by atoms with Crippen LogP contribution >= 0.6 is 0 Å². The Kier molecular flexibility index (Phi) is 4.48. The Morgan fingerprint density at radius 2 is 1.78 bits per heavy atom. The Morgan fingerprint density at radius 3 is 2.22 bits per heavy atom. The molecule has 5 nitrogen and oxygen atoms in total. The largest absolute Gasteiger partial charge is 0.478 e. The van der Waals surface area contributed by atoms with Gasteiger partial charge in [-0.3, -0.25) is 4.79 Å². The van der Waals surface area contributed by atoms with E-state index in [1.54, 1.807) is 12.1 Å². The molecule has 0 spiro atoms. The second kappa shape index (κ2) is 5.86. The lowest BCUT2D eigenvalue weighted by Gasteiger charge is -2.12. The highest BCUT2D eigenvalue weighted by atomic mass is 16.4. The zero-order chi connectivity index (χ0) is 13.7. The summed E-state index contributed by atoms with van der Waals surface area (Å²) in [6.07, 6.45) is 0.950. The summed E-state index contributed by atoms with van der Waals surface area (Å²) < 4.78 is 0. The molecule has 0 bridgehead atoms. The first-order chi connectivity index (χ1) is 8.40. The second-order valence-corrected chi connectivity index (χ2v) is 4.06. The number of carbonyl (C=O) groups excluding carboxylic acids is 1. The lowest BCUT2D eigenvalue weighted by atomic mass is 10.2. The van der Waals surface area contributed by atoms with Crippen LogP contribution < -0.4 is 10.2 Å². The summed E-state index contributed by atoms with van der Waals surface area (Å²) in [6, 6.07) is 7.04. The van der Waals surface area contributed by atoms with E-state index in [0.29, 0.717) is 11.3 Å². The molecule has 1 aromatic rings. The number of amides is 1. The quantitative estimate of drug-likeness (QED) is 0.792. The van der Waals surface area contributed by atoms with E-state index in [0.717, 1.165) is 11.8 Å². The van der Waals surface area contributed by atoms with Gasteiger partial charge in [-0.1, -0.05) is 0 Å². The predicted octanol–water partition coefficient (Wildman–Crippen LogP) is 1.47. The molecule has 2 N–H and O–H groups in total. The third-order valence-electron chi connectivity index (χ3n) is 2.30. The first kappa shape index (κ1) is 13.8. The van der Waals surface area contributed by atoms with Crippen LogP contribution in [0.1, 0.15) is 17.3 Å². The zero-order valence-corrected chi connectivity index (χ0v) is 10.6. The van der Waals surface area contributed by atoms with Gasteiger partial charge in [-0.05, 0) is 31.2 Å². The van der Waals surface area contributed by atoms with Gasteiger partial charge in [0.25, 0.3) is 5.91 Å². The molecule has 0 aromatic heterocycles. The number of carboxylic acid groups (broad SMARTS) is 1. The van der Waals surface area contributed by atoms with Crippen LogP contribution in [0.5, 0.6) is 0 Å². The minimum atomic E-state index is -1.09. The molecular weight excluding hydrogens is 232 g/mol. The third-order valence-corrected chi connectivity index (χ3v) is 2.30. The van der Waals surface area contributed by atoms with E-state index in [4.69, 9.17) is 5.11 Å². The first-order valence-electron chi connectivity index (χ1n) is 5.40. The first-order valence-corrected chi connectivity index (χ1v) is 5.40. The molecule has 0 radical (unpaired) electrons. The summed E-state index contributed by atoms with van der Waals surface area (Å²) in [5.41, 5.74) is 1.77. The lowest BCUT2D eigenvalue weighted by molar-refractivity contribution is -0.131. The fourth-order valence-electron chi connectivity index (χ4n) is 1.38. The molecule has 1 amide bonds. The Hall–Kier alpha value is -2.30. The number of carboxylic acids is 1. The molecule has 0 fully saturated rings. The van der Waals surface area contributed by atoms with E-state index < -0.39 is 5.97 Å². The van der Waals surface area contributed by atoms with E-state index in [-0.39, 0.29) is 5.91 Å². The van der Waals surface area contributed by atoms with Crippen molar-refractivity contribution in [1.82, 2.24) is 5.32 Å². The van der Waals surface area contributed by atoms with Crippen molar-refractivity contribution < 1.29 is 14.7 Å². The number of carbonyl (C=O) groups is 2. The number of rotatable bonds is 4. The standard InChI is InChI=1S/C13H16N2O3/c1-9(8-12(16)17)14-13(18)10-4-6-11(7-5-10)15(2)3/h4-8H,1-3H3,(H,14,18)(H,16,17)/b9-8+. The summed E-state index contributed by atoms with van der Waals surface area (Å²) in [6.45, 7) is 1.53. The Bertz CT molecular complexity index is 476. The van der Waals surface area contributed by atoms with Gasteiger partial charge in [0.1, 0.15) is 0 Å². The molecule has 0 atom stereocenters. The molecule has 1 rings (SSSR count). The summed E-state index contributed by atoms with van der Waals surface area (Å²) in [5.74, 6) is -1.41. The molecule has 18 heavy (non-hydrogen) atoms. The maximum Gasteiger partial charge on any atom is 0.330 e. The van der Waals surface area contributed by atoms with Crippen molar-refractivity contribution in [2.24, 2.45) is 0 Å². The van der Waals surface area contributed by atoms with Crippen LogP contribution in [-0.2, 0) is 4.79 Å². The van der Waals surface area contributed by atoms with E-state index in [1.807, 2.05) is 31.1 Å². The van der Waals surface area contributed by atoms with Gasteiger partial charge in [0.2, 0.25) is 0 Å². The topological polar surface area (TPSA) is 69.6 Å². The number of hydrogen-bond acceptors (Lipinski definition) is 3. The molecule has 0 aliphatic heterocycles. The van der Waals surface area contributed by atoms with E-state index in [9.17, 15) is 9.59 Å². The van der Waals surface area contributed by atoms with Crippen molar-refractivity contribution >= 4 is 17.6 Å². The Labute approximate surface area is 106 Å². The van der Waals surface area contributed by atoms with Gasteiger partial charge < -0.3 is 15.3 Å². The fraction of sp³-hybridized carbons (Fsp3) is 0.231. The van der Waals surface area contributed by atoms with E-state index in [2.05, 4.69) is 5.32 Å². The number of anilines is 1. The van der Waals surface area contributed by atoms with Crippen molar-refractivity contribution in [1.29, 1.82) is 0 Å². The summed E-state index contributed by atoms with van der Waals surface area (Å²) in [7, 11) is 3.82. The van der Waals surface area contributed by atoms with Gasteiger partial charge in [0.15, 0.2) is 0 Å². The molecule has 0 aliphatic carbocycles. The van der Waals surface area contributed by atoms with Crippen molar-refractivity contribution in [3.8, 4) is 0 Å². The summed E-state index contributed by atoms with van der Waals surface area (Å²) in [5, 5.41) is 11.0. The highest BCUT2D eigenvalue weighted by Crippen LogP contribution is 2.12. The predicted molar refractivity (Wildman–Crippen MR) is 69.6 cm³/mol. The van der Waals surface area contributed by atoms with E-state index >= 15 is 0 Å². The van der Waals surface area contributed by atoms with Gasteiger partial charge in [-0.25, -0.2) is 4.79 Å². The number of nitrogens with one attached hydrogen (secondary N) is 1. The minimum absolute atomic E-state index is 0.296. The molecular formula is C13H16N2O3. The highest BCUT2D eigenvalue weighted by molar-refractivity contribution is 5.96. The molecule has 0 saturated heterocycles. The molecule has 0 saturated carbocycles. The maximum absolute atomic E-state index is 11.8. The Balaban J connectivity index is 2.76. The van der Waals surface area contributed by atoms with Gasteiger partial charge in [0.05, 0.1) is 0 Å². The fourth-order valence-corrected chi connectivity index (χ4v) is 1.38. The number of hydrogen-bond donors (Lipinski definition) is 2. The average Bonchev–Trinajstić information content (AvgIpc) is 2.27.